The number of nitrogens with zero attached hydrogens (tertiary/aromatic N) is 3. The molecule has 0 saturated carbocycles. The van der Waals surface area contributed by atoms with E-state index in [4.69, 9.17) is 5.73 Å². The van der Waals surface area contributed by atoms with Gasteiger partial charge in [-0.3, -0.25) is 5.10 Å². The second kappa shape index (κ2) is 5.85. The highest BCUT2D eigenvalue weighted by molar-refractivity contribution is 5.58. The molecule has 0 spiro atoms. The maximum Gasteiger partial charge on any atom is 0.245 e. The third kappa shape index (κ3) is 3.08. The Morgan fingerprint density at radius 2 is 1.86 bits per heavy atom. The summed E-state index contributed by atoms with van der Waals surface area (Å²) in [6.07, 6.45) is 2.26. The van der Waals surface area contributed by atoms with E-state index in [0.717, 1.165) is 49.8 Å². The Labute approximate surface area is 125 Å². The van der Waals surface area contributed by atoms with E-state index >= 15 is 0 Å². The summed E-state index contributed by atoms with van der Waals surface area (Å²) in [4.78, 5) is 6.91. The number of piperidine rings is 1. The molecule has 3 rings (SSSR count). The van der Waals surface area contributed by atoms with Crippen LogP contribution in [0.2, 0.25) is 0 Å². The zero-order valence-electron chi connectivity index (χ0n) is 12.8. The number of nitrogens with one attached hydrogen (secondary N) is 1. The lowest BCUT2D eigenvalue weighted by atomic mass is 9.97. The van der Waals surface area contributed by atoms with E-state index in [9.17, 15) is 0 Å². The van der Waals surface area contributed by atoms with Crippen molar-refractivity contribution in [2.75, 3.05) is 24.5 Å². The second-order valence-corrected chi connectivity index (χ2v) is 6.03. The number of nitrogens with two attached hydrogens (primary N) is 1. The van der Waals surface area contributed by atoms with Crippen molar-refractivity contribution in [2.45, 2.75) is 26.7 Å². The maximum atomic E-state index is 5.74. The Morgan fingerprint density at radius 3 is 2.48 bits per heavy atom. The van der Waals surface area contributed by atoms with Crippen LogP contribution in [0.5, 0.6) is 0 Å². The predicted octanol–water partition coefficient (Wildman–Crippen LogP) is 2.26. The van der Waals surface area contributed by atoms with Gasteiger partial charge in [0.15, 0.2) is 5.82 Å². The number of benzene rings is 1. The van der Waals surface area contributed by atoms with Crippen LogP contribution in [0, 0.1) is 19.8 Å². The number of aryl methyl sites for hydroxylation is 2. The normalized spacial score (nSPS) is 16.4. The monoisotopic (exact) mass is 285 g/mol. The first kappa shape index (κ1) is 14.1. The highest BCUT2D eigenvalue weighted by Crippen LogP contribution is 2.23. The summed E-state index contributed by atoms with van der Waals surface area (Å²) in [5.74, 6) is 2.30. The molecule has 5 heteroatoms. The van der Waals surface area contributed by atoms with Gasteiger partial charge in [-0.05, 0) is 51.3 Å². The molecule has 1 aromatic carbocycles. The molecule has 112 valence electrons. The molecule has 2 heterocycles. The minimum atomic E-state index is 0.652. The van der Waals surface area contributed by atoms with Crippen LogP contribution in [0.3, 0.4) is 0 Å². The fraction of sp³-hybridized carbons (Fsp3) is 0.500. The van der Waals surface area contributed by atoms with Crippen molar-refractivity contribution in [3.05, 3.63) is 29.3 Å². The van der Waals surface area contributed by atoms with E-state index in [1.165, 1.54) is 11.1 Å². The van der Waals surface area contributed by atoms with Gasteiger partial charge >= 0.3 is 0 Å². The van der Waals surface area contributed by atoms with Gasteiger partial charge in [-0.2, -0.15) is 4.98 Å². The number of anilines is 1. The van der Waals surface area contributed by atoms with E-state index in [-0.39, 0.29) is 0 Å². The number of H-pyrrole nitrogens is 1. The Kier molecular flexibility index (Phi) is 3.92. The van der Waals surface area contributed by atoms with Crippen molar-refractivity contribution in [2.24, 2.45) is 11.7 Å². The lowest BCUT2D eigenvalue weighted by Crippen LogP contribution is -2.36. The third-order valence-electron chi connectivity index (χ3n) is 4.20. The first-order valence-electron chi connectivity index (χ1n) is 7.62. The molecule has 1 fully saturated rings. The first-order chi connectivity index (χ1) is 10.2. The Morgan fingerprint density at radius 1 is 1.19 bits per heavy atom. The SMILES string of the molecule is Cc1cc(C)cc(-c2nc(N3CCC(CN)CC3)n[nH]2)c1. The Bertz CT molecular complexity index is 591. The van der Waals surface area contributed by atoms with Crippen LogP contribution in [0.15, 0.2) is 18.2 Å². The minimum Gasteiger partial charge on any atom is -0.340 e. The van der Waals surface area contributed by atoms with Crippen LogP contribution in [0.25, 0.3) is 11.4 Å². The molecule has 1 saturated heterocycles. The lowest BCUT2D eigenvalue weighted by molar-refractivity contribution is 0.411. The minimum absolute atomic E-state index is 0.652. The summed E-state index contributed by atoms with van der Waals surface area (Å²) in [6, 6.07) is 6.44. The molecule has 2 aromatic rings. The molecule has 0 atom stereocenters. The molecule has 1 aliphatic rings. The van der Waals surface area contributed by atoms with Crippen molar-refractivity contribution in [3.63, 3.8) is 0 Å². The van der Waals surface area contributed by atoms with Gasteiger partial charge in [-0.25, -0.2) is 0 Å². The van der Waals surface area contributed by atoms with Crippen molar-refractivity contribution in [3.8, 4) is 11.4 Å². The van der Waals surface area contributed by atoms with Gasteiger partial charge in [-0.15, -0.1) is 5.10 Å². The summed E-state index contributed by atoms with van der Waals surface area (Å²) in [7, 11) is 0. The quantitative estimate of drug-likeness (QED) is 0.907. The molecule has 1 aliphatic heterocycles. The van der Waals surface area contributed by atoms with E-state index < -0.39 is 0 Å². The standard InChI is InChI=1S/C16H23N5/c1-11-7-12(2)9-14(8-11)15-18-16(20-19-15)21-5-3-13(10-17)4-6-21/h7-9,13H,3-6,10,17H2,1-2H3,(H,18,19,20). The smallest absolute Gasteiger partial charge is 0.245 e. The molecule has 21 heavy (non-hydrogen) atoms. The van der Waals surface area contributed by atoms with Crippen LogP contribution in [0.4, 0.5) is 5.95 Å². The lowest BCUT2D eigenvalue weighted by Gasteiger charge is -2.30. The van der Waals surface area contributed by atoms with Gasteiger partial charge in [0.1, 0.15) is 0 Å². The molecule has 0 radical (unpaired) electrons. The molecular formula is C16H23N5. The largest absolute Gasteiger partial charge is 0.340 e. The van der Waals surface area contributed by atoms with Gasteiger partial charge in [0.25, 0.3) is 0 Å². The van der Waals surface area contributed by atoms with E-state index in [0.29, 0.717) is 5.92 Å². The fourth-order valence-corrected chi connectivity index (χ4v) is 3.00. The predicted molar refractivity (Wildman–Crippen MR) is 85.3 cm³/mol. The van der Waals surface area contributed by atoms with Crippen molar-refractivity contribution in [1.29, 1.82) is 0 Å². The molecule has 0 aliphatic carbocycles. The summed E-state index contributed by atoms with van der Waals surface area (Å²) >= 11 is 0. The molecule has 0 bridgehead atoms. The Hall–Kier alpha value is -1.88. The number of rotatable bonds is 3. The number of aromatic nitrogens is 3. The second-order valence-electron chi connectivity index (χ2n) is 6.03. The van der Waals surface area contributed by atoms with Gasteiger partial charge in [0.05, 0.1) is 0 Å². The van der Waals surface area contributed by atoms with Crippen molar-refractivity contribution < 1.29 is 0 Å². The third-order valence-corrected chi connectivity index (χ3v) is 4.20. The summed E-state index contributed by atoms with van der Waals surface area (Å²) in [6.45, 7) is 6.98. The average molecular weight is 285 g/mol. The topological polar surface area (TPSA) is 70.8 Å². The van der Waals surface area contributed by atoms with Gasteiger partial charge in [-0.1, -0.05) is 17.2 Å². The van der Waals surface area contributed by atoms with E-state index in [1.54, 1.807) is 0 Å². The van der Waals surface area contributed by atoms with Gasteiger partial charge in [0, 0.05) is 18.7 Å². The fourth-order valence-electron chi connectivity index (χ4n) is 3.00. The summed E-state index contributed by atoms with van der Waals surface area (Å²) in [5, 5.41) is 7.46. The molecule has 0 unspecified atom stereocenters. The van der Waals surface area contributed by atoms with Crippen LogP contribution in [-0.2, 0) is 0 Å². The van der Waals surface area contributed by atoms with Crippen molar-refractivity contribution >= 4 is 5.95 Å². The molecule has 0 amide bonds. The summed E-state index contributed by atoms with van der Waals surface area (Å²) in [5.41, 5.74) is 9.32. The molecule has 5 nitrogen and oxygen atoms in total. The van der Waals surface area contributed by atoms with E-state index in [2.05, 4.69) is 52.1 Å². The summed E-state index contributed by atoms with van der Waals surface area (Å²) < 4.78 is 0. The highest BCUT2D eigenvalue weighted by atomic mass is 15.4. The van der Waals surface area contributed by atoms with E-state index in [1.807, 2.05) is 0 Å². The maximum absolute atomic E-state index is 5.74. The number of aromatic amines is 1. The van der Waals surface area contributed by atoms with Gasteiger partial charge < -0.3 is 10.6 Å². The number of hydrogen-bond donors (Lipinski definition) is 2. The zero-order valence-corrected chi connectivity index (χ0v) is 12.8. The Balaban J connectivity index is 1.77. The van der Waals surface area contributed by atoms with Gasteiger partial charge in [0.2, 0.25) is 5.95 Å². The molecular weight excluding hydrogens is 262 g/mol. The van der Waals surface area contributed by atoms with Crippen LogP contribution >= 0.6 is 0 Å². The van der Waals surface area contributed by atoms with Crippen molar-refractivity contribution in [1.82, 2.24) is 15.2 Å². The molecule has 3 N–H and O–H groups in total. The van der Waals surface area contributed by atoms with Crippen LogP contribution in [-0.4, -0.2) is 34.8 Å². The van der Waals surface area contributed by atoms with Crippen LogP contribution in [0.1, 0.15) is 24.0 Å². The zero-order chi connectivity index (χ0) is 14.8. The molecule has 1 aromatic heterocycles. The van der Waals surface area contributed by atoms with Crippen LogP contribution < -0.4 is 10.6 Å². The average Bonchev–Trinajstić information content (AvgIpc) is 2.96. The highest BCUT2D eigenvalue weighted by Gasteiger charge is 2.21. The number of hydrogen-bond acceptors (Lipinski definition) is 4. The first-order valence-corrected chi connectivity index (χ1v) is 7.62.